The topological polar surface area (TPSA) is 90.3 Å². The molecule has 158 valence electrons. The van der Waals surface area contributed by atoms with Crippen molar-refractivity contribution in [3.05, 3.63) is 88.7 Å². The molecule has 1 N–H and O–H groups in total. The first-order valence-corrected chi connectivity index (χ1v) is 10.7. The normalized spacial score (nSPS) is 11.5. The number of fused-ring (bicyclic) bond motifs is 1. The number of ether oxygens (including phenoxy) is 1. The molecule has 0 unspecified atom stereocenters. The minimum absolute atomic E-state index is 0.0910. The van der Waals surface area contributed by atoms with Crippen LogP contribution < -0.4 is 15.0 Å². The number of hydrogen-bond donors (Lipinski definition) is 1. The molecule has 0 aliphatic rings. The Morgan fingerprint density at radius 2 is 1.68 bits per heavy atom. The van der Waals surface area contributed by atoms with Crippen molar-refractivity contribution in [1.82, 2.24) is 9.55 Å². The van der Waals surface area contributed by atoms with E-state index in [1.807, 2.05) is 0 Å². The lowest BCUT2D eigenvalue weighted by Crippen LogP contribution is -2.22. The molecule has 3 aromatic carbocycles. The summed E-state index contributed by atoms with van der Waals surface area (Å²) < 4.78 is 47.3. The number of nitrogens with zero attached hydrogens (tertiary/aromatic N) is 2. The van der Waals surface area contributed by atoms with E-state index in [9.17, 15) is 17.6 Å². The lowest BCUT2D eigenvalue weighted by molar-refractivity contribution is 0.414. The molecule has 0 atom stereocenters. The Morgan fingerprint density at radius 3 is 2.32 bits per heavy atom. The van der Waals surface area contributed by atoms with Crippen molar-refractivity contribution >= 4 is 26.6 Å². The molecule has 0 spiro atoms. The number of sulfonamides is 1. The van der Waals surface area contributed by atoms with Crippen LogP contribution in [0.25, 0.3) is 16.6 Å². The summed E-state index contributed by atoms with van der Waals surface area (Å²) in [4.78, 5) is 17.6. The van der Waals surface area contributed by atoms with Gasteiger partial charge in [0.05, 0.1) is 28.6 Å². The van der Waals surface area contributed by atoms with E-state index in [0.29, 0.717) is 22.8 Å². The third-order valence-electron chi connectivity index (χ3n) is 4.74. The van der Waals surface area contributed by atoms with Crippen LogP contribution in [0.2, 0.25) is 0 Å². The molecule has 0 radical (unpaired) electrons. The second-order valence-corrected chi connectivity index (χ2v) is 8.47. The second-order valence-electron chi connectivity index (χ2n) is 6.79. The number of methoxy groups -OCH3 is 1. The predicted molar refractivity (Wildman–Crippen MR) is 116 cm³/mol. The number of hydrogen-bond acceptors (Lipinski definition) is 5. The first-order valence-electron chi connectivity index (χ1n) is 9.25. The van der Waals surface area contributed by atoms with Gasteiger partial charge in [0, 0.05) is 5.69 Å². The van der Waals surface area contributed by atoms with Crippen LogP contribution >= 0.6 is 0 Å². The fourth-order valence-corrected chi connectivity index (χ4v) is 4.27. The molecular formula is C22H18FN3O4S. The van der Waals surface area contributed by atoms with Gasteiger partial charge in [0.15, 0.2) is 0 Å². The SMILES string of the molecule is COc1ccc(-n2c(C)nc3ccc(NS(=O)(=O)c4ccc(F)cc4)cc3c2=O)cc1. The van der Waals surface area contributed by atoms with Crippen LogP contribution in [0, 0.1) is 12.7 Å². The summed E-state index contributed by atoms with van der Waals surface area (Å²) >= 11 is 0. The van der Waals surface area contributed by atoms with Crippen LogP contribution in [0.15, 0.2) is 76.4 Å². The van der Waals surface area contributed by atoms with E-state index in [0.717, 1.165) is 12.1 Å². The highest BCUT2D eigenvalue weighted by atomic mass is 32.2. The average molecular weight is 439 g/mol. The summed E-state index contributed by atoms with van der Waals surface area (Å²) in [5.74, 6) is 0.605. The van der Waals surface area contributed by atoms with Gasteiger partial charge in [0.1, 0.15) is 17.4 Å². The van der Waals surface area contributed by atoms with Crippen molar-refractivity contribution in [1.29, 1.82) is 0 Å². The van der Waals surface area contributed by atoms with Gasteiger partial charge in [0.25, 0.3) is 15.6 Å². The van der Waals surface area contributed by atoms with Gasteiger partial charge in [-0.1, -0.05) is 0 Å². The fraction of sp³-hybridized carbons (Fsp3) is 0.0909. The Balaban J connectivity index is 1.77. The quantitative estimate of drug-likeness (QED) is 0.513. The van der Waals surface area contributed by atoms with E-state index in [2.05, 4.69) is 9.71 Å². The van der Waals surface area contributed by atoms with Gasteiger partial charge in [-0.15, -0.1) is 0 Å². The van der Waals surface area contributed by atoms with Gasteiger partial charge in [-0.2, -0.15) is 0 Å². The Morgan fingerprint density at radius 1 is 1.00 bits per heavy atom. The first-order chi connectivity index (χ1) is 14.8. The van der Waals surface area contributed by atoms with Crippen LogP contribution in [0.5, 0.6) is 5.75 Å². The summed E-state index contributed by atoms with van der Waals surface area (Å²) in [6.45, 7) is 1.72. The Hall–Kier alpha value is -3.72. The van der Waals surface area contributed by atoms with Gasteiger partial charge < -0.3 is 4.74 Å². The van der Waals surface area contributed by atoms with Crippen LogP contribution in [0.1, 0.15) is 5.82 Å². The highest BCUT2D eigenvalue weighted by molar-refractivity contribution is 7.92. The van der Waals surface area contributed by atoms with E-state index in [1.54, 1.807) is 44.4 Å². The molecule has 0 amide bonds. The van der Waals surface area contributed by atoms with Gasteiger partial charge in [-0.05, 0) is 73.7 Å². The summed E-state index contributed by atoms with van der Waals surface area (Å²) in [6.07, 6.45) is 0. The molecule has 4 aromatic rings. The Bertz CT molecular complexity index is 1430. The molecule has 1 aromatic heterocycles. The predicted octanol–water partition coefficient (Wildman–Crippen LogP) is 3.64. The van der Waals surface area contributed by atoms with Crippen LogP contribution in [0.3, 0.4) is 0 Å². The minimum atomic E-state index is -3.95. The Kier molecular flexibility index (Phi) is 5.20. The zero-order valence-electron chi connectivity index (χ0n) is 16.7. The van der Waals surface area contributed by atoms with Crippen molar-refractivity contribution in [2.24, 2.45) is 0 Å². The third kappa shape index (κ3) is 3.99. The van der Waals surface area contributed by atoms with E-state index in [4.69, 9.17) is 4.74 Å². The standard InChI is InChI=1S/C22H18FN3O4S/c1-14-24-21-12-5-16(25-31(28,29)19-10-3-15(23)4-11-19)13-20(21)22(27)26(14)17-6-8-18(30-2)9-7-17/h3-13,25H,1-2H3. The highest BCUT2D eigenvalue weighted by Gasteiger charge is 2.16. The molecule has 0 fully saturated rings. The van der Waals surface area contributed by atoms with Crippen molar-refractivity contribution in [3.63, 3.8) is 0 Å². The fourth-order valence-electron chi connectivity index (χ4n) is 3.22. The van der Waals surface area contributed by atoms with Gasteiger partial charge in [-0.3, -0.25) is 14.1 Å². The number of nitrogens with one attached hydrogen (secondary N) is 1. The monoisotopic (exact) mass is 439 g/mol. The van der Waals surface area contributed by atoms with Crippen LogP contribution in [0.4, 0.5) is 10.1 Å². The molecule has 7 nitrogen and oxygen atoms in total. The van der Waals surface area contributed by atoms with Gasteiger partial charge in [-0.25, -0.2) is 17.8 Å². The Labute approximate surface area is 177 Å². The summed E-state index contributed by atoms with van der Waals surface area (Å²) in [5, 5.41) is 0.251. The number of aryl methyl sites for hydroxylation is 1. The molecule has 0 bridgehead atoms. The van der Waals surface area contributed by atoms with Crippen molar-refractivity contribution in [3.8, 4) is 11.4 Å². The number of halogens is 1. The van der Waals surface area contributed by atoms with E-state index >= 15 is 0 Å². The molecule has 4 rings (SSSR count). The molecule has 0 aliphatic heterocycles. The zero-order valence-corrected chi connectivity index (χ0v) is 17.5. The van der Waals surface area contributed by atoms with E-state index < -0.39 is 15.8 Å². The van der Waals surface area contributed by atoms with Crippen LogP contribution in [-0.2, 0) is 10.0 Å². The zero-order chi connectivity index (χ0) is 22.2. The molecular weight excluding hydrogens is 421 g/mol. The molecule has 31 heavy (non-hydrogen) atoms. The lowest BCUT2D eigenvalue weighted by atomic mass is 10.2. The molecule has 9 heteroatoms. The summed E-state index contributed by atoms with van der Waals surface area (Å²) in [6, 6.07) is 15.9. The van der Waals surface area contributed by atoms with Gasteiger partial charge in [0.2, 0.25) is 0 Å². The minimum Gasteiger partial charge on any atom is -0.497 e. The maximum Gasteiger partial charge on any atom is 0.266 e. The van der Waals surface area contributed by atoms with Crippen molar-refractivity contribution in [2.45, 2.75) is 11.8 Å². The van der Waals surface area contributed by atoms with Gasteiger partial charge >= 0.3 is 0 Å². The smallest absolute Gasteiger partial charge is 0.266 e. The summed E-state index contributed by atoms with van der Waals surface area (Å²) in [5.41, 5.74) is 0.906. The van der Waals surface area contributed by atoms with E-state index in [-0.39, 0.29) is 21.5 Å². The number of rotatable bonds is 5. The van der Waals surface area contributed by atoms with Crippen molar-refractivity contribution < 1.29 is 17.5 Å². The second kappa shape index (κ2) is 7.84. The third-order valence-corrected chi connectivity index (χ3v) is 6.14. The molecule has 1 heterocycles. The lowest BCUT2D eigenvalue weighted by Gasteiger charge is -2.13. The first kappa shape index (κ1) is 20.5. The average Bonchev–Trinajstić information content (AvgIpc) is 2.75. The largest absolute Gasteiger partial charge is 0.497 e. The number of anilines is 1. The maximum absolute atomic E-state index is 13.2. The number of benzene rings is 3. The molecule has 0 saturated heterocycles. The number of aromatic nitrogens is 2. The van der Waals surface area contributed by atoms with Crippen molar-refractivity contribution in [2.75, 3.05) is 11.8 Å². The molecule has 0 saturated carbocycles. The summed E-state index contributed by atoms with van der Waals surface area (Å²) in [7, 11) is -2.40. The van der Waals surface area contributed by atoms with E-state index in [1.165, 1.54) is 28.8 Å². The highest BCUT2D eigenvalue weighted by Crippen LogP contribution is 2.21. The molecule has 0 aliphatic carbocycles. The van der Waals surface area contributed by atoms with Crippen LogP contribution in [-0.4, -0.2) is 25.1 Å². The maximum atomic E-state index is 13.2.